The second kappa shape index (κ2) is 9.09. The SMILES string of the molecule is COc1ccc(NC(=S)Nc2ncn(Cc3c(Cl)cccc3Cl)n2)c(OC)c1. The standard InChI is InChI=1S/C18H17Cl2N5O2S/c1-26-11-6-7-15(16(8-11)27-2)22-18(28)23-17-21-10-25(24-17)9-12-13(19)4-3-5-14(12)20/h3-8,10H,9H2,1-2H3,(H2,22,23,24,28). The van der Waals surface area contributed by atoms with Crippen LogP contribution in [0.2, 0.25) is 10.0 Å². The first kappa shape index (κ1) is 20.2. The van der Waals surface area contributed by atoms with Crippen molar-refractivity contribution in [2.45, 2.75) is 6.54 Å². The van der Waals surface area contributed by atoms with E-state index in [4.69, 9.17) is 44.9 Å². The normalized spacial score (nSPS) is 10.4. The number of hydrogen-bond donors (Lipinski definition) is 2. The maximum atomic E-state index is 6.20. The lowest BCUT2D eigenvalue weighted by atomic mass is 10.2. The summed E-state index contributed by atoms with van der Waals surface area (Å²) in [5, 5.41) is 11.8. The molecule has 2 N–H and O–H groups in total. The summed E-state index contributed by atoms with van der Waals surface area (Å²) in [6, 6.07) is 10.7. The number of thiocarbonyl (C=S) groups is 1. The number of ether oxygens (including phenoxy) is 2. The summed E-state index contributed by atoms with van der Waals surface area (Å²) < 4.78 is 12.1. The van der Waals surface area contributed by atoms with Gasteiger partial charge in [0.2, 0.25) is 5.95 Å². The van der Waals surface area contributed by atoms with Crippen molar-refractivity contribution in [1.82, 2.24) is 14.8 Å². The van der Waals surface area contributed by atoms with Crippen molar-refractivity contribution in [1.29, 1.82) is 0 Å². The molecule has 3 rings (SSSR count). The Morgan fingerprint density at radius 2 is 1.86 bits per heavy atom. The van der Waals surface area contributed by atoms with Gasteiger partial charge >= 0.3 is 0 Å². The van der Waals surface area contributed by atoms with Gasteiger partial charge in [0.1, 0.15) is 17.8 Å². The number of halogens is 2. The van der Waals surface area contributed by atoms with Gasteiger partial charge in [-0.15, -0.1) is 5.10 Å². The van der Waals surface area contributed by atoms with Crippen LogP contribution in [0.4, 0.5) is 11.6 Å². The van der Waals surface area contributed by atoms with E-state index >= 15 is 0 Å². The number of hydrogen-bond acceptors (Lipinski definition) is 5. The smallest absolute Gasteiger partial charge is 0.248 e. The molecule has 1 aromatic heterocycles. The summed E-state index contributed by atoms with van der Waals surface area (Å²) in [5.74, 6) is 1.61. The lowest BCUT2D eigenvalue weighted by Crippen LogP contribution is -2.20. The number of nitrogens with zero attached hydrogens (tertiary/aromatic N) is 3. The van der Waals surface area contributed by atoms with Gasteiger partial charge in [0, 0.05) is 21.7 Å². The van der Waals surface area contributed by atoms with Crippen LogP contribution in [0.5, 0.6) is 11.5 Å². The fourth-order valence-corrected chi connectivity index (χ4v) is 3.15. The third-order valence-corrected chi connectivity index (χ3v) is 4.71. The zero-order chi connectivity index (χ0) is 20.1. The van der Waals surface area contributed by atoms with Crippen molar-refractivity contribution in [2.75, 3.05) is 24.9 Å². The number of anilines is 2. The number of rotatable bonds is 6. The molecule has 0 atom stereocenters. The minimum absolute atomic E-state index is 0.317. The van der Waals surface area contributed by atoms with Crippen LogP contribution in [0.15, 0.2) is 42.7 Å². The average molecular weight is 438 g/mol. The molecule has 0 radical (unpaired) electrons. The Balaban J connectivity index is 1.66. The molecule has 0 fully saturated rings. The van der Waals surface area contributed by atoms with E-state index in [0.717, 1.165) is 5.56 Å². The predicted octanol–water partition coefficient (Wildman–Crippen LogP) is 4.46. The second-order valence-electron chi connectivity index (χ2n) is 5.61. The van der Waals surface area contributed by atoms with E-state index in [9.17, 15) is 0 Å². The van der Waals surface area contributed by atoms with E-state index in [0.29, 0.717) is 44.8 Å². The minimum Gasteiger partial charge on any atom is -0.497 e. The zero-order valence-corrected chi connectivity index (χ0v) is 17.4. The van der Waals surface area contributed by atoms with Crippen LogP contribution in [0.3, 0.4) is 0 Å². The van der Waals surface area contributed by atoms with Gasteiger partial charge < -0.3 is 14.8 Å². The van der Waals surface area contributed by atoms with Crippen LogP contribution in [-0.4, -0.2) is 34.1 Å². The quantitative estimate of drug-likeness (QED) is 0.551. The second-order valence-corrected chi connectivity index (χ2v) is 6.83. The van der Waals surface area contributed by atoms with E-state index in [-0.39, 0.29) is 0 Å². The Hall–Kier alpha value is -2.55. The van der Waals surface area contributed by atoms with Crippen LogP contribution in [0, 0.1) is 0 Å². The monoisotopic (exact) mass is 437 g/mol. The van der Waals surface area contributed by atoms with Crippen molar-refractivity contribution >= 4 is 52.2 Å². The molecule has 3 aromatic rings. The molecule has 0 aliphatic carbocycles. The van der Waals surface area contributed by atoms with Gasteiger partial charge in [-0.3, -0.25) is 5.32 Å². The molecule has 28 heavy (non-hydrogen) atoms. The van der Waals surface area contributed by atoms with Gasteiger partial charge in [0.05, 0.1) is 26.5 Å². The van der Waals surface area contributed by atoms with Gasteiger partial charge in [0.25, 0.3) is 0 Å². The molecule has 1 heterocycles. The highest BCUT2D eigenvalue weighted by Crippen LogP contribution is 2.29. The van der Waals surface area contributed by atoms with E-state index in [1.165, 1.54) is 0 Å². The summed E-state index contributed by atoms with van der Waals surface area (Å²) >= 11 is 17.7. The van der Waals surface area contributed by atoms with Crippen LogP contribution < -0.4 is 20.1 Å². The molecule has 0 amide bonds. The summed E-state index contributed by atoms with van der Waals surface area (Å²) in [7, 11) is 3.16. The van der Waals surface area contributed by atoms with E-state index in [1.54, 1.807) is 61.6 Å². The van der Waals surface area contributed by atoms with Gasteiger partial charge in [-0.05, 0) is 36.5 Å². The van der Waals surface area contributed by atoms with E-state index in [1.807, 2.05) is 0 Å². The third-order valence-electron chi connectivity index (χ3n) is 3.80. The number of benzene rings is 2. The maximum absolute atomic E-state index is 6.20. The molecule has 0 spiro atoms. The number of methoxy groups -OCH3 is 2. The average Bonchev–Trinajstić information content (AvgIpc) is 3.12. The van der Waals surface area contributed by atoms with Crippen molar-refractivity contribution in [3.63, 3.8) is 0 Å². The van der Waals surface area contributed by atoms with Gasteiger partial charge in [-0.2, -0.15) is 0 Å². The molecule has 0 saturated carbocycles. The molecule has 2 aromatic carbocycles. The van der Waals surface area contributed by atoms with Crippen LogP contribution in [0.25, 0.3) is 0 Å². The van der Waals surface area contributed by atoms with Gasteiger partial charge in [-0.1, -0.05) is 29.3 Å². The predicted molar refractivity (Wildman–Crippen MR) is 115 cm³/mol. The number of aromatic nitrogens is 3. The topological polar surface area (TPSA) is 73.2 Å². The Morgan fingerprint density at radius 3 is 2.54 bits per heavy atom. The first-order valence-corrected chi connectivity index (χ1v) is 9.29. The molecule has 146 valence electrons. The Morgan fingerprint density at radius 1 is 1.11 bits per heavy atom. The summed E-state index contributed by atoms with van der Waals surface area (Å²) in [5.41, 5.74) is 1.45. The molecule has 0 aliphatic rings. The fraction of sp³-hybridized carbons (Fsp3) is 0.167. The summed E-state index contributed by atoms with van der Waals surface area (Å²) in [6.07, 6.45) is 1.57. The summed E-state index contributed by atoms with van der Waals surface area (Å²) in [6.45, 7) is 0.389. The minimum atomic E-state index is 0.317. The first-order chi connectivity index (χ1) is 13.5. The fourth-order valence-electron chi connectivity index (χ4n) is 2.43. The van der Waals surface area contributed by atoms with Crippen molar-refractivity contribution in [3.8, 4) is 11.5 Å². The summed E-state index contributed by atoms with van der Waals surface area (Å²) in [4.78, 5) is 4.20. The van der Waals surface area contributed by atoms with Crippen LogP contribution in [-0.2, 0) is 6.54 Å². The molecular formula is C18H17Cl2N5O2S. The van der Waals surface area contributed by atoms with Gasteiger partial charge in [0.15, 0.2) is 5.11 Å². The van der Waals surface area contributed by atoms with E-state index in [2.05, 4.69) is 20.7 Å². The lowest BCUT2D eigenvalue weighted by Gasteiger charge is -2.13. The van der Waals surface area contributed by atoms with Crippen LogP contribution >= 0.6 is 35.4 Å². The highest BCUT2D eigenvalue weighted by Gasteiger charge is 2.11. The Labute approximate surface area is 177 Å². The van der Waals surface area contributed by atoms with Crippen molar-refractivity contribution in [2.24, 2.45) is 0 Å². The molecule has 10 heteroatoms. The first-order valence-electron chi connectivity index (χ1n) is 8.12. The molecular weight excluding hydrogens is 421 g/mol. The van der Waals surface area contributed by atoms with Crippen LogP contribution in [0.1, 0.15) is 5.56 Å². The molecule has 0 aliphatic heterocycles. The number of nitrogens with one attached hydrogen (secondary N) is 2. The molecule has 0 saturated heterocycles. The molecule has 0 unspecified atom stereocenters. The van der Waals surface area contributed by atoms with Gasteiger partial charge in [-0.25, -0.2) is 9.67 Å². The molecule has 0 bridgehead atoms. The maximum Gasteiger partial charge on any atom is 0.248 e. The Kier molecular flexibility index (Phi) is 6.56. The lowest BCUT2D eigenvalue weighted by molar-refractivity contribution is 0.395. The van der Waals surface area contributed by atoms with E-state index < -0.39 is 0 Å². The zero-order valence-electron chi connectivity index (χ0n) is 15.1. The van der Waals surface area contributed by atoms with Crippen molar-refractivity contribution in [3.05, 3.63) is 58.3 Å². The Bertz CT molecular complexity index is 976. The van der Waals surface area contributed by atoms with Crippen molar-refractivity contribution < 1.29 is 9.47 Å². The highest BCUT2D eigenvalue weighted by atomic mass is 35.5. The third kappa shape index (κ3) is 4.83. The largest absolute Gasteiger partial charge is 0.497 e. The highest BCUT2D eigenvalue weighted by molar-refractivity contribution is 7.80. The molecule has 7 nitrogen and oxygen atoms in total.